The molecule has 3 heteroatoms. The van der Waals surface area contributed by atoms with E-state index in [0.29, 0.717) is 6.04 Å². The highest BCUT2D eigenvalue weighted by atomic mass is 16.5. The van der Waals surface area contributed by atoms with Gasteiger partial charge in [-0.3, -0.25) is 4.98 Å². The van der Waals surface area contributed by atoms with Crippen LogP contribution in [0.1, 0.15) is 63.5 Å². The van der Waals surface area contributed by atoms with Crippen molar-refractivity contribution in [1.29, 1.82) is 0 Å². The van der Waals surface area contributed by atoms with Crippen molar-refractivity contribution in [2.75, 3.05) is 13.7 Å². The number of hydrogen-bond acceptors (Lipinski definition) is 3. The fraction of sp³-hybridized carbons (Fsp3) is 0.706. The van der Waals surface area contributed by atoms with Gasteiger partial charge in [-0.05, 0) is 36.9 Å². The molecule has 1 saturated carbocycles. The predicted octanol–water partition coefficient (Wildman–Crippen LogP) is 4.10. The fourth-order valence-corrected chi connectivity index (χ4v) is 3.31. The summed E-state index contributed by atoms with van der Waals surface area (Å²) in [5, 5.41) is 3.67. The van der Waals surface area contributed by atoms with Crippen molar-refractivity contribution in [2.45, 2.75) is 57.9 Å². The lowest BCUT2D eigenvalue weighted by Crippen LogP contribution is -2.29. The number of nitrogens with one attached hydrogen (secondary N) is 1. The molecule has 3 nitrogen and oxygen atoms in total. The van der Waals surface area contributed by atoms with E-state index in [4.69, 9.17) is 4.74 Å². The molecule has 1 heterocycles. The third-order valence-electron chi connectivity index (χ3n) is 4.37. The van der Waals surface area contributed by atoms with E-state index in [-0.39, 0.29) is 0 Å². The molecule has 0 amide bonds. The van der Waals surface area contributed by atoms with Gasteiger partial charge in [0, 0.05) is 12.2 Å². The molecular formula is C17H28N2O. The van der Waals surface area contributed by atoms with Crippen LogP contribution in [0.25, 0.3) is 0 Å². The Morgan fingerprint density at radius 1 is 1.20 bits per heavy atom. The molecule has 1 aliphatic rings. The zero-order valence-corrected chi connectivity index (χ0v) is 12.9. The van der Waals surface area contributed by atoms with Crippen molar-refractivity contribution < 1.29 is 4.74 Å². The molecule has 1 fully saturated rings. The second-order valence-corrected chi connectivity index (χ2v) is 5.80. The van der Waals surface area contributed by atoms with Crippen LogP contribution in [0.3, 0.4) is 0 Å². The molecular weight excluding hydrogens is 248 g/mol. The molecule has 0 saturated heterocycles. The maximum atomic E-state index is 5.32. The molecule has 2 rings (SSSR count). The van der Waals surface area contributed by atoms with Crippen LogP contribution in [0, 0.1) is 5.92 Å². The number of nitrogens with zero attached hydrogens (tertiary/aromatic N) is 1. The van der Waals surface area contributed by atoms with Gasteiger partial charge in [-0.25, -0.2) is 0 Å². The van der Waals surface area contributed by atoms with Crippen LogP contribution in [-0.2, 0) is 0 Å². The molecule has 1 aliphatic carbocycles. The average molecular weight is 276 g/mol. The first-order chi connectivity index (χ1) is 9.85. The first-order valence-electron chi connectivity index (χ1n) is 8.07. The maximum Gasteiger partial charge on any atom is 0.137 e. The molecule has 0 radical (unpaired) electrons. The van der Waals surface area contributed by atoms with E-state index in [1.165, 1.54) is 50.5 Å². The number of aromatic nitrogens is 1. The molecule has 1 unspecified atom stereocenters. The molecule has 1 N–H and O–H groups in total. The highest BCUT2D eigenvalue weighted by Gasteiger charge is 2.23. The third-order valence-corrected chi connectivity index (χ3v) is 4.37. The molecule has 0 aliphatic heterocycles. The second kappa shape index (κ2) is 8.25. The Balaban J connectivity index is 2.14. The standard InChI is InChI=1S/C17H28N2O/c1-3-19-17(14-9-7-5-4-6-8-10-14)15-11-16(20-2)13-18-12-15/h11-14,17,19H,3-10H2,1-2H3. The fourth-order valence-electron chi connectivity index (χ4n) is 3.31. The Morgan fingerprint density at radius 2 is 1.90 bits per heavy atom. The topological polar surface area (TPSA) is 34.2 Å². The number of pyridine rings is 1. The maximum absolute atomic E-state index is 5.32. The summed E-state index contributed by atoms with van der Waals surface area (Å²) in [5.41, 5.74) is 1.27. The third kappa shape index (κ3) is 4.20. The summed E-state index contributed by atoms with van der Waals surface area (Å²) in [7, 11) is 1.71. The van der Waals surface area contributed by atoms with E-state index < -0.39 is 0 Å². The Bertz CT molecular complexity index is 386. The first kappa shape index (κ1) is 15.3. The van der Waals surface area contributed by atoms with Gasteiger partial charge in [-0.2, -0.15) is 0 Å². The first-order valence-corrected chi connectivity index (χ1v) is 8.07. The van der Waals surface area contributed by atoms with Gasteiger partial charge in [0.2, 0.25) is 0 Å². The van der Waals surface area contributed by atoms with Gasteiger partial charge in [0.25, 0.3) is 0 Å². The van der Waals surface area contributed by atoms with Crippen molar-refractivity contribution in [2.24, 2.45) is 5.92 Å². The molecule has 0 spiro atoms. The lowest BCUT2D eigenvalue weighted by Gasteiger charge is -2.29. The van der Waals surface area contributed by atoms with Gasteiger partial charge in [-0.1, -0.05) is 39.0 Å². The van der Waals surface area contributed by atoms with E-state index in [2.05, 4.69) is 23.3 Å². The van der Waals surface area contributed by atoms with Crippen LogP contribution in [0.2, 0.25) is 0 Å². The van der Waals surface area contributed by atoms with E-state index in [9.17, 15) is 0 Å². The van der Waals surface area contributed by atoms with Crippen molar-refractivity contribution in [3.8, 4) is 5.75 Å². The van der Waals surface area contributed by atoms with Crippen LogP contribution >= 0.6 is 0 Å². The van der Waals surface area contributed by atoms with E-state index in [1.54, 1.807) is 13.3 Å². The van der Waals surface area contributed by atoms with Crippen molar-refractivity contribution in [1.82, 2.24) is 10.3 Å². The molecule has 112 valence electrons. The Kier molecular flexibility index (Phi) is 6.31. The van der Waals surface area contributed by atoms with Crippen LogP contribution < -0.4 is 10.1 Å². The largest absolute Gasteiger partial charge is 0.495 e. The van der Waals surface area contributed by atoms with Gasteiger partial charge in [0.15, 0.2) is 0 Å². The highest BCUT2D eigenvalue weighted by molar-refractivity contribution is 5.26. The molecule has 1 atom stereocenters. The minimum Gasteiger partial charge on any atom is -0.495 e. The summed E-state index contributed by atoms with van der Waals surface area (Å²) in [6, 6.07) is 2.56. The highest BCUT2D eigenvalue weighted by Crippen LogP contribution is 2.33. The molecule has 20 heavy (non-hydrogen) atoms. The second-order valence-electron chi connectivity index (χ2n) is 5.80. The number of methoxy groups -OCH3 is 1. The summed E-state index contributed by atoms with van der Waals surface area (Å²) in [5.74, 6) is 1.58. The average Bonchev–Trinajstić information content (AvgIpc) is 2.45. The summed E-state index contributed by atoms with van der Waals surface area (Å²) in [4.78, 5) is 4.33. The minimum absolute atomic E-state index is 0.417. The van der Waals surface area contributed by atoms with Crippen LogP contribution in [0.15, 0.2) is 18.5 Å². The molecule has 1 aromatic rings. The van der Waals surface area contributed by atoms with E-state index >= 15 is 0 Å². The van der Waals surface area contributed by atoms with Crippen molar-refractivity contribution >= 4 is 0 Å². The van der Waals surface area contributed by atoms with E-state index in [1.807, 2.05) is 6.20 Å². The molecule has 0 aromatic carbocycles. The Hall–Kier alpha value is -1.09. The van der Waals surface area contributed by atoms with Gasteiger partial charge in [-0.15, -0.1) is 0 Å². The van der Waals surface area contributed by atoms with Crippen molar-refractivity contribution in [3.63, 3.8) is 0 Å². The number of rotatable bonds is 5. The van der Waals surface area contributed by atoms with Gasteiger partial charge in [0.1, 0.15) is 5.75 Å². The Morgan fingerprint density at radius 3 is 2.55 bits per heavy atom. The summed E-state index contributed by atoms with van der Waals surface area (Å²) in [6.45, 7) is 3.18. The molecule has 1 aromatic heterocycles. The zero-order chi connectivity index (χ0) is 14.2. The van der Waals surface area contributed by atoms with Gasteiger partial charge < -0.3 is 10.1 Å². The minimum atomic E-state index is 0.417. The summed E-state index contributed by atoms with van der Waals surface area (Å²) < 4.78 is 5.32. The zero-order valence-electron chi connectivity index (χ0n) is 12.9. The Labute approximate surface area is 123 Å². The van der Waals surface area contributed by atoms with Gasteiger partial charge >= 0.3 is 0 Å². The van der Waals surface area contributed by atoms with Crippen molar-refractivity contribution in [3.05, 3.63) is 24.0 Å². The predicted molar refractivity (Wildman–Crippen MR) is 83.0 cm³/mol. The summed E-state index contributed by atoms with van der Waals surface area (Å²) in [6.07, 6.45) is 13.4. The van der Waals surface area contributed by atoms with Crippen LogP contribution in [-0.4, -0.2) is 18.6 Å². The van der Waals surface area contributed by atoms with Crippen LogP contribution in [0.5, 0.6) is 5.75 Å². The SMILES string of the molecule is CCNC(c1cncc(OC)c1)C1CCCCCCC1. The summed E-state index contributed by atoms with van der Waals surface area (Å²) >= 11 is 0. The van der Waals surface area contributed by atoms with E-state index in [0.717, 1.165) is 18.2 Å². The smallest absolute Gasteiger partial charge is 0.137 e. The lowest BCUT2D eigenvalue weighted by molar-refractivity contribution is 0.290. The number of ether oxygens (including phenoxy) is 1. The quantitative estimate of drug-likeness (QED) is 0.879. The molecule has 0 bridgehead atoms. The number of hydrogen-bond donors (Lipinski definition) is 1. The lowest BCUT2D eigenvalue weighted by atomic mass is 9.83. The van der Waals surface area contributed by atoms with Crippen LogP contribution in [0.4, 0.5) is 0 Å². The van der Waals surface area contributed by atoms with Gasteiger partial charge in [0.05, 0.1) is 13.3 Å². The monoisotopic (exact) mass is 276 g/mol. The normalized spacial score (nSPS) is 19.1.